The molecule has 78 valence electrons. The van der Waals surface area contributed by atoms with Crippen LogP contribution in [0.3, 0.4) is 0 Å². The molecule has 0 bridgehead atoms. The summed E-state index contributed by atoms with van der Waals surface area (Å²) in [6.07, 6.45) is 4.96. The Hall–Kier alpha value is -1.75. The highest BCUT2D eigenvalue weighted by Crippen LogP contribution is 2.17. The van der Waals surface area contributed by atoms with Crippen molar-refractivity contribution in [3.8, 4) is 11.1 Å². The molecule has 0 aliphatic rings. The first-order chi connectivity index (χ1) is 7.29. The van der Waals surface area contributed by atoms with Gasteiger partial charge in [-0.2, -0.15) is 9.49 Å². The highest BCUT2D eigenvalue weighted by molar-refractivity contribution is 5.60. The van der Waals surface area contributed by atoms with Crippen molar-refractivity contribution in [3.63, 3.8) is 0 Å². The summed E-state index contributed by atoms with van der Waals surface area (Å²) >= 11 is 0. The van der Waals surface area contributed by atoms with Crippen molar-refractivity contribution in [1.29, 1.82) is 0 Å². The molecule has 0 saturated heterocycles. The van der Waals surface area contributed by atoms with Gasteiger partial charge < -0.3 is 5.73 Å². The lowest BCUT2D eigenvalue weighted by Crippen LogP contribution is -2.09. The molecule has 0 aromatic carbocycles. The normalized spacial score (nSPS) is 10.5. The van der Waals surface area contributed by atoms with Crippen molar-refractivity contribution in [1.82, 2.24) is 14.8 Å². The molecule has 0 unspecified atom stereocenters. The van der Waals surface area contributed by atoms with E-state index in [0.717, 1.165) is 11.1 Å². The average molecular weight is 206 g/mol. The first kappa shape index (κ1) is 9.79. The van der Waals surface area contributed by atoms with Crippen LogP contribution in [0.5, 0.6) is 0 Å². The molecule has 0 aliphatic carbocycles. The van der Waals surface area contributed by atoms with E-state index in [2.05, 4.69) is 10.1 Å². The Morgan fingerprint density at radius 1 is 1.40 bits per heavy atom. The van der Waals surface area contributed by atoms with Crippen molar-refractivity contribution >= 4 is 0 Å². The molecule has 0 radical (unpaired) electrons. The maximum atomic E-state index is 12.8. The minimum atomic E-state index is -0.487. The van der Waals surface area contributed by atoms with Crippen LogP contribution >= 0.6 is 0 Å². The van der Waals surface area contributed by atoms with Crippen LogP contribution < -0.4 is 5.73 Å². The van der Waals surface area contributed by atoms with E-state index in [-0.39, 0.29) is 0 Å². The number of hydrogen-bond donors (Lipinski definition) is 1. The summed E-state index contributed by atoms with van der Waals surface area (Å²) in [5.74, 6) is -0.487. The monoisotopic (exact) mass is 206 g/mol. The second kappa shape index (κ2) is 4.18. The van der Waals surface area contributed by atoms with Gasteiger partial charge in [-0.15, -0.1) is 0 Å². The lowest BCUT2D eigenvalue weighted by Gasteiger charge is -1.97. The Morgan fingerprint density at radius 3 is 3.00 bits per heavy atom. The zero-order chi connectivity index (χ0) is 10.7. The summed E-state index contributed by atoms with van der Waals surface area (Å²) in [5.41, 5.74) is 7.04. The predicted octanol–water partition coefficient (Wildman–Crippen LogP) is 1.04. The molecule has 0 amide bonds. The SMILES string of the molecule is NCCn1cc(-c2ccnc(F)c2)cn1. The Morgan fingerprint density at radius 2 is 2.27 bits per heavy atom. The van der Waals surface area contributed by atoms with Crippen LogP contribution in [-0.4, -0.2) is 21.3 Å². The third kappa shape index (κ3) is 2.19. The van der Waals surface area contributed by atoms with E-state index < -0.39 is 5.95 Å². The van der Waals surface area contributed by atoms with Gasteiger partial charge in [-0.05, 0) is 11.6 Å². The number of halogens is 1. The zero-order valence-corrected chi connectivity index (χ0v) is 8.10. The van der Waals surface area contributed by atoms with Gasteiger partial charge in [0.1, 0.15) is 0 Å². The average Bonchev–Trinajstić information content (AvgIpc) is 2.67. The van der Waals surface area contributed by atoms with Crippen LogP contribution in [0.2, 0.25) is 0 Å². The summed E-state index contributed by atoms with van der Waals surface area (Å²) in [5, 5.41) is 4.11. The fourth-order valence-electron chi connectivity index (χ4n) is 1.35. The second-order valence-electron chi connectivity index (χ2n) is 3.15. The van der Waals surface area contributed by atoms with Gasteiger partial charge in [0.05, 0.1) is 12.7 Å². The predicted molar refractivity (Wildman–Crippen MR) is 54.5 cm³/mol. The molecule has 4 nitrogen and oxygen atoms in total. The van der Waals surface area contributed by atoms with Crippen molar-refractivity contribution in [2.45, 2.75) is 6.54 Å². The van der Waals surface area contributed by atoms with Crippen molar-refractivity contribution in [3.05, 3.63) is 36.7 Å². The minimum Gasteiger partial charge on any atom is -0.329 e. The van der Waals surface area contributed by atoms with Gasteiger partial charge >= 0.3 is 0 Å². The topological polar surface area (TPSA) is 56.7 Å². The van der Waals surface area contributed by atoms with E-state index in [4.69, 9.17) is 5.73 Å². The number of rotatable bonds is 3. The summed E-state index contributed by atoms with van der Waals surface area (Å²) in [7, 11) is 0. The fourth-order valence-corrected chi connectivity index (χ4v) is 1.35. The van der Waals surface area contributed by atoms with E-state index >= 15 is 0 Å². The van der Waals surface area contributed by atoms with Gasteiger partial charge in [-0.25, -0.2) is 4.98 Å². The molecule has 5 heteroatoms. The van der Waals surface area contributed by atoms with E-state index in [9.17, 15) is 4.39 Å². The van der Waals surface area contributed by atoms with Gasteiger partial charge in [0.25, 0.3) is 0 Å². The maximum absolute atomic E-state index is 12.8. The van der Waals surface area contributed by atoms with E-state index in [1.807, 2.05) is 6.20 Å². The smallest absolute Gasteiger partial charge is 0.213 e. The Labute approximate surface area is 86.6 Å². The molecule has 2 rings (SSSR count). The fraction of sp³-hybridized carbons (Fsp3) is 0.200. The summed E-state index contributed by atoms with van der Waals surface area (Å²) in [6, 6.07) is 3.12. The molecule has 0 saturated carbocycles. The Balaban J connectivity index is 2.29. The van der Waals surface area contributed by atoms with Crippen LogP contribution in [0.25, 0.3) is 11.1 Å². The van der Waals surface area contributed by atoms with Crippen molar-refractivity contribution in [2.75, 3.05) is 6.54 Å². The second-order valence-corrected chi connectivity index (χ2v) is 3.15. The van der Waals surface area contributed by atoms with Crippen LogP contribution in [-0.2, 0) is 6.54 Å². The van der Waals surface area contributed by atoms with Crippen LogP contribution in [0.15, 0.2) is 30.7 Å². The third-order valence-corrected chi connectivity index (χ3v) is 2.05. The number of pyridine rings is 1. The minimum absolute atomic E-state index is 0.487. The number of aromatic nitrogens is 3. The molecular formula is C10H11FN4. The summed E-state index contributed by atoms with van der Waals surface area (Å²) < 4.78 is 14.6. The van der Waals surface area contributed by atoms with E-state index in [1.165, 1.54) is 12.3 Å². The van der Waals surface area contributed by atoms with Crippen LogP contribution in [0.1, 0.15) is 0 Å². The zero-order valence-electron chi connectivity index (χ0n) is 8.10. The molecular weight excluding hydrogens is 195 g/mol. The molecule has 2 aromatic heterocycles. The van der Waals surface area contributed by atoms with Crippen LogP contribution in [0, 0.1) is 5.95 Å². The Kier molecular flexibility index (Phi) is 2.73. The quantitative estimate of drug-likeness (QED) is 0.763. The number of nitrogens with two attached hydrogens (primary N) is 1. The molecule has 0 fully saturated rings. The first-order valence-corrected chi connectivity index (χ1v) is 4.64. The molecule has 0 aliphatic heterocycles. The lowest BCUT2D eigenvalue weighted by atomic mass is 10.1. The van der Waals surface area contributed by atoms with Gasteiger partial charge in [-0.3, -0.25) is 4.68 Å². The van der Waals surface area contributed by atoms with Gasteiger partial charge in [-0.1, -0.05) is 0 Å². The van der Waals surface area contributed by atoms with Gasteiger partial charge in [0, 0.05) is 30.6 Å². The maximum Gasteiger partial charge on any atom is 0.213 e. The number of hydrogen-bond acceptors (Lipinski definition) is 3. The molecule has 0 atom stereocenters. The van der Waals surface area contributed by atoms with Crippen molar-refractivity contribution in [2.24, 2.45) is 5.73 Å². The van der Waals surface area contributed by atoms with Gasteiger partial charge in [0.2, 0.25) is 5.95 Å². The largest absolute Gasteiger partial charge is 0.329 e. The van der Waals surface area contributed by atoms with Crippen LogP contribution in [0.4, 0.5) is 4.39 Å². The summed E-state index contributed by atoms with van der Waals surface area (Å²) in [6.45, 7) is 1.19. The van der Waals surface area contributed by atoms with Crippen molar-refractivity contribution < 1.29 is 4.39 Å². The molecule has 2 heterocycles. The highest BCUT2D eigenvalue weighted by atomic mass is 19.1. The lowest BCUT2D eigenvalue weighted by molar-refractivity contribution is 0.584. The standard InChI is InChI=1S/C10H11FN4/c11-10-5-8(1-3-13-10)9-6-14-15(7-9)4-2-12/h1,3,5-7H,2,4,12H2. The highest BCUT2D eigenvalue weighted by Gasteiger charge is 2.02. The summed E-state index contributed by atoms with van der Waals surface area (Å²) in [4.78, 5) is 3.49. The first-order valence-electron chi connectivity index (χ1n) is 4.64. The van der Waals surface area contributed by atoms with E-state index in [0.29, 0.717) is 13.1 Å². The molecule has 2 N–H and O–H groups in total. The molecule has 0 spiro atoms. The van der Waals surface area contributed by atoms with Gasteiger partial charge in [0.15, 0.2) is 0 Å². The molecule has 2 aromatic rings. The third-order valence-electron chi connectivity index (χ3n) is 2.05. The Bertz CT molecular complexity index is 452. The number of nitrogens with zero attached hydrogens (tertiary/aromatic N) is 3. The molecule has 15 heavy (non-hydrogen) atoms. The van der Waals surface area contributed by atoms with E-state index in [1.54, 1.807) is 16.9 Å².